The Bertz CT molecular complexity index is 1400. The highest BCUT2D eigenvalue weighted by atomic mass is 32.1. The van der Waals surface area contributed by atoms with Crippen molar-refractivity contribution in [3.63, 3.8) is 0 Å². The number of carbonyl (C=O) groups excluding carboxylic acids is 3. The van der Waals surface area contributed by atoms with Gasteiger partial charge in [0, 0.05) is 63.8 Å². The van der Waals surface area contributed by atoms with Crippen LogP contribution in [0.2, 0.25) is 0 Å². The molecule has 0 unspecified atom stereocenters. The predicted molar refractivity (Wildman–Crippen MR) is 164 cm³/mol. The first-order valence-corrected chi connectivity index (χ1v) is 14.6. The molecule has 5 N–H and O–H groups in total. The van der Waals surface area contributed by atoms with Gasteiger partial charge in [0.2, 0.25) is 0 Å². The summed E-state index contributed by atoms with van der Waals surface area (Å²) in [5.74, 6) is -0.608. The molecular weight excluding hydrogens is 542 g/mol. The van der Waals surface area contributed by atoms with E-state index in [-0.39, 0.29) is 5.91 Å². The fourth-order valence-corrected chi connectivity index (χ4v) is 5.79. The molecule has 0 bridgehead atoms. The third-order valence-corrected chi connectivity index (χ3v) is 7.96. The summed E-state index contributed by atoms with van der Waals surface area (Å²) in [5.41, 5.74) is 14.3. The first-order valence-electron chi connectivity index (χ1n) is 13.7. The van der Waals surface area contributed by atoms with Crippen molar-refractivity contribution in [3.8, 4) is 0 Å². The van der Waals surface area contributed by atoms with E-state index in [1.165, 1.54) is 11.3 Å². The number of carbonyl (C=O) groups is 3. The van der Waals surface area contributed by atoms with Crippen molar-refractivity contribution in [2.45, 2.75) is 39.2 Å². The van der Waals surface area contributed by atoms with E-state index in [0.717, 1.165) is 49.4 Å². The average molecular weight is 582 g/mol. The van der Waals surface area contributed by atoms with Crippen LogP contribution in [0.1, 0.15) is 53.6 Å². The largest absolute Gasteiger partial charge is 0.444 e. The number of anilines is 3. The van der Waals surface area contributed by atoms with E-state index < -0.39 is 17.6 Å². The number of hydrogen-bond donors (Lipinski definition) is 3. The fraction of sp³-hybridized carbons (Fsp3) is 0.448. The van der Waals surface area contributed by atoms with Gasteiger partial charge in [0.15, 0.2) is 0 Å². The van der Waals surface area contributed by atoms with Crippen molar-refractivity contribution in [3.05, 3.63) is 47.0 Å². The molecule has 1 aliphatic heterocycles. The molecule has 1 aliphatic rings. The number of ether oxygens (including phenoxy) is 1. The number of rotatable bonds is 8. The molecule has 1 saturated heterocycles. The van der Waals surface area contributed by atoms with Crippen LogP contribution in [0.3, 0.4) is 0 Å². The quantitative estimate of drug-likeness (QED) is 0.342. The fourth-order valence-electron chi connectivity index (χ4n) is 4.85. The van der Waals surface area contributed by atoms with Gasteiger partial charge < -0.3 is 36.2 Å². The van der Waals surface area contributed by atoms with Crippen LogP contribution in [-0.2, 0) is 4.74 Å². The highest BCUT2D eigenvalue weighted by Crippen LogP contribution is 2.38. The molecule has 2 aromatic heterocycles. The average Bonchev–Trinajstić information content (AvgIpc) is 3.09. The van der Waals surface area contributed by atoms with Gasteiger partial charge in [-0.15, -0.1) is 11.3 Å². The zero-order valence-electron chi connectivity index (χ0n) is 24.1. The number of primary amides is 1. The lowest BCUT2D eigenvalue weighted by Crippen LogP contribution is -2.35. The van der Waals surface area contributed by atoms with Crippen LogP contribution in [0.25, 0.3) is 10.2 Å². The molecule has 1 fully saturated rings. The summed E-state index contributed by atoms with van der Waals surface area (Å²) < 4.78 is 5.23. The Kier molecular flexibility index (Phi) is 9.21. The molecule has 0 atom stereocenters. The van der Waals surface area contributed by atoms with E-state index in [1.807, 2.05) is 51.1 Å². The van der Waals surface area contributed by atoms with Crippen LogP contribution in [0.5, 0.6) is 0 Å². The maximum absolute atomic E-state index is 12.9. The van der Waals surface area contributed by atoms with Gasteiger partial charge in [0.1, 0.15) is 15.3 Å². The van der Waals surface area contributed by atoms with E-state index in [4.69, 9.17) is 16.2 Å². The van der Waals surface area contributed by atoms with E-state index in [9.17, 15) is 14.4 Å². The molecule has 0 aliphatic carbocycles. The molecule has 4 rings (SSSR count). The Morgan fingerprint density at radius 2 is 1.76 bits per heavy atom. The Hall–Kier alpha value is -4.06. The van der Waals surface area contributed by atoms with Crippen LogP contribution in [-0.4, -0.2) is 79.7 Å². The molecule has 0 spiro atoms. The summed E-state index contributed by atoms with van der Waals surface area (Å²) in [6.07, 6.45) is 2.83. The van der Waals surface area contributed by atoms with Gasteiger partial charge >= 0.3 is 6.09 Å². The summed E-state index contributed by atoms with van der Waals surface area (Å²) in [7, 11) is 1.76. The highest BCUT2D eigenvalue weighted by molar-refractivity contribution is 7.21. The van der Waals surface area contributed by atoms with Crippen molar-refractivity contribution < 1.29 is 19.1 Å². The summed E-state index contributed by atoms with van der Waals surface area (Å²) >= 11 is 1.23. The van der Waals surface area contributed by atoms with Gasteiger partial charge in [-0.25, -0.2) is 9.78 Å². The molecule has 11 nitrogen and oxygen atoms in total. The van der Waals surface area contributed by atoms with Crippen molar-refractivity contribution in [1.29, 1.82) is 0 Å². The van der Waals surface area contributed by atoms with E-state index in [1.54, 1.807) is 18.1 Å². The molecule has 1 aromatic carbocycles. The molecule has 0 saturated carbocycles. The topological polar surface area (TPSA) is 147 Å². The number of nitrogens with two attached hydrogens (primary N) is 2. The van der Waals surface area contributed by atoms with Crippen LogP contribution in [0, 0.1) is 0 Å². The minimum atomic E-state index is -0.543. The Labute approximate surface area is 244 Å². The minimum absolute atomic E-state index is 0.0683. The molecular formula is C29H39N7O4S. The normalized spacial score (nSPS) is 14.0. The molecule has 12 heteroatoms. The first kappa shape index (κ1) is 29.9. The maximum Gasteiger partial charge on any atom is 0.407 e. The summed E-state index contributed by atoms with van der Waals surface area (Å²) in [5, 5.41) is 3.50. The highest BCUT2D eigenvalue weighted by Gasteiger charge is 2.23. The lowest BCUT2D eigenvalue weighted by atomic mass is 10.1. The second-order valence-electron chi connectivity index (χ2n) is 11.1. The molecule has 3 aromatic rings. The van der Waals surface area contributed by atoms with Crippen molar-refractivity contribution in [2.24, 2.45) is 5.73 Å². The third-order valence-electron chi connectivity index (χ3n) is 6.83. The van der Waals surface area contributed by atoms with Crippen LogP contribution in [0.15, 0.2) is 36.5 Å². The number of thiophene rings is 1. The summed E-state index contributed by atoms with van der Waals surface area (Å²) in [6.45, 7) is 9.64. The molecule has 41 heavy (non-hydrogen) atoms. The third kappa shape index (κ3) is 7.37. The maximum atomic E-state index is 12.9. The number of amides is 3. The Morgan fingerprint density at radius 1 is 1.07 bits per heavy atom. The lowest BCUT2D eigenvalue weighted by Gasteiger charge is -2.25. The van der Waals surface area contributed by atoms with Gasteiger partial charge in [0.05, 0.1) is 16.8 Å². The van der Waals surface area contributed by atoms with Gasteiger partial charge in [-0.1, -0.05) is 0 Å². The van der Waals surface area contributed by atoms with Crippen molar-refractivity contribution in [1.82, 2.24) is 15.2 Å². The molecule has 0 radical (unpaired) electrons. The van der Waals surface area contributed by atoms with Crippen LogP contribution < -0.4 is 26.6 Å². The number of pyridine rings is 1. The van der Waals surface area contributed by atoms with E-state index in [2.05, 4.69) is 20.1 Å². The zero-order chi connectivity index (χ0) is 29.7. The summed E-state index contributed by atoms with van der Waals surface area (Å²) in [6, 6.07) is 9.64. The Morgan fingerprint density at radius 3 is 2.44 bits per heavy atom. The number of nitrogen functional groups attached to an aromatic ring is 1. The standard InChI is InChI=1S/C29H39N7O4S/c1-29(2,3)40-28(39)33-12-5-14-34(4)27(38)19-7-9-20(10-8-19)35-15-6-16-36(18-17-35)21-11-13-32-26-22(21)23(30)24(41-26)25(31)37/h7-11,13H,5-6,12,14-18,30H2,1-4H3,(H2,31,37)(H,33,39). The number of alkyl carbamates (subject to hydrolysis) is 1. The monoisotopic (exact) mass is 581 g/mol. The first-order chi connectivity index (χ1) is 19.4. The smallest absolute Gasteiger partial charge is 0.407 e. The summed E-state index contributed by atoms with van der Waals surface area (Å²) in [4.78, 5) is 48.2. The molecule has 3 amide bonds. The lowest BCUT2D eigenvalue weighted by molar-refractivity contribution is 0.0526. The van der Waals surface area contributed by atoms with Crippen molar-refractivity contribution >= 4 is 56.5 Å². The molecule has 220 valence electrons. The number of aromatic nitrogens is 1. The zero-order valence-corrected chi connectivity index (χ0v) is 24.9. The van der Waals surface area contributed by atoms with Gasteiger partial charge in [-0.2, -0.15) is 0 Å². The van der Waals surface area contributed by atoms with Crippen LogP contribution in [0.4, 0.5) is 21.9 Å². The number of hydrogen-bond acceptors (Lipinski definition) is 9. The second-order valence-corrected chi connectivity index (χ2v) is 12.1. The second kappa shape index (κ2) is 12.6. The predicted octanol–water partition coefficient (Wildman–Crippen LogP) is 3.68. The number of fused-ring (bicyclic) bond motifs is 1. The minimum Gasteiger partial charge on any atom is -0.444 e. The van der Waals surface area contributed by atoms with Crippen molar-refractivity contribution in [2.75, 3.05) is 61.8 Å². The molecule has 3 heterocycles. The SMILES string of the molecule is CN(CCCNC(=O)OC(C)(C)C)C(=O)c1ccc(N2CCCN(c3ccnc4sc(C(N)=O)c(N)c34)CC2)cc1. The number of nitrogens with zero attached hydrogens (tertiary/aromatic N) is 4. The Balaban J connectivity index is 1.33. The van der Waals surface area contributed by atoms with Gasteiger partial charge in [-0.05, 0) is 63.9 Å². The van der Waals surface area contributed by atoms with Crippen LogP contribution >= 0.6 is 11.3 Å². The number of benzene rings is 1. The van der Waals surface area contributed by atoms with E-state index in [0.29, 0.717) is 40.5 Å². The van der Waals surface area contributed by atoms with E-state index >= 15 is 0 Å². The van der Waals surface area contributed by atoms with Gasteiger partial charge in [-0.3, -0.25) is 9.59 Å². The number of nitrogens with one attached hydrogen (secondary N) is 1. The van der Waals surface area contributed by atoms with Gasteiger partial charge in [0.25, 0.3) is 11.8 Å².